The highest BCUT2D eigenvalue weighted by Crippen LogP contribution is 2.18. The Labute approximate surface area is 121 Å². The second kappa shape index (κ2) is 6.44. The second-order valence-electron chi connectivity index (χ2n) is 5.13. The molecule has 1 aromatic carbocycles. The first-order valence-electron chi connectivity index (χ1n) is 6.90. The Morgan fingerprint density at radius 3 is 2.42 bits per heavy atom. The van der Waals surface area contributed by atoms with Gasteiger partial charge in [-0.2, -0.15) is 0 Å². The van der Waals surface area contributed by atoms with Crippen LogP contribution in [-0.2, 0) is 0 Å². The van der Waals surface area contributed by atoms with E-state index < -0.39 is 0 Å². The fraction of sp³-hybridized carbons (Fsp3) is 0.533. The third kappa shape index (κ3) is 3.51. The summed E-state index contributed by atoms with van der Waals surface area (Å²) in [6, 6.07) is 7.80. The summed E-state index contributed by atoms with van der Waals surface area (Å²) in [5.41, 5.74) is 0.748. The molecule has 1 amide bonds. The van der Waals surface area contributed by atoms with Crippen LogP contribution in [0, 0.1) is 0 Å². The van der Waals surface area contributed by atoms with Gasteiger partial charge in [0.25, 0.3) is 5.91 Å². The molecular formula is C15H22N2OS. The first-order valence-corrected chi connectivity index (χ1v) is 7.35. The highest BCUT2D eigenvalue weighted by atomic mass is 32.1. The van der Waals surface area contributed by atoms with Gasteiger partial charge in [0.2, 0.25) is 0 Å². The smallest absolute Gasteiger partial charge is 0.253 e. The van der Waals surface area contributed by atoms with Gasteiger partial charge in [-0.1, -0.05) is 6.92 Å². The summed E-state index contributed by atoms with van der Waals surface area (Å²) in [5.74, 6) is 0.114. The number of hydrogen-bond acceptors (Lipinski definition) is 3. The Bertz CT molecular complexity index is 424. The molecule has 0 radical (unpaired) electrons. The lowest BCUT2D eigenvalue weighted by Crippen LogP contribution is -2.45. The standard InChI is InChI=1S/C15H22N2OS/c1-3-17-10-8-13(9-11-17)16(2)15(18)12-4-6-14(19)7-5-12/h4-7,13,19H,3,8-11H2,1-2H3. The molecule has 1 saturated heterocycles. The monoisotopic (exact) mass is 278 g/mol. The van der Waals surface area contributed by atoms with Crippen molar-refractivity contribution in [3.05, 3.63) is 29.8 Å². The first kappa shape index (κ1) is 14.4. The number of carbonyl (C=O) groups excluding carboxylic acids is 1. The predicted molar refractivity (Wildman–Crippen MR) is 80.9 cm³/mol. The zero-order valence-corrected chi connectivity index (χ0v) is 12.6. The lowest BCUT2D eigenvalue weighted by molar-refractivity contribution is 0.0647. The third-order valence-corrected chi connectivity index (χ3v) is 4.28. The van der Waals surface area contributed by atoms with Crippen molar-refractivity contribution < 1.29 is 4.79 Å². The van der Waals surface area contributed by atoms with Crippen molar-refractivity contribution in [3.8, 4) is 0 Å². The zero-order chi connectivity index (χ0) is 13.8. The molecule has 0 spiro atoms. The average molecular weight is 278 g/mol. The molecule has 1 fully saturated rings. The Kier molecular flexibility index (Phi) is 4.88. The fourth-order valence-corrected chi connectivity index (χ4v) is 2.75. The van der Waals surface area contributed by atoms with Crippen molar-refractivity contribution >= 4 is 18.5 Å². The molecule has 3 nitrogen and oxygen atoms in total. The summed E-state index contributed by atoms with van der Waals surface area (Å²) in [6.07, 6.45) is 2.14. The molecule has 1 aliphatic rings. The first-order chi connectivity index (χ1) is 9.11. The van der Waals surface area contributed by atoms with Crippen molar-refractivity contribution in [1.82, 2.24) is 9.80 Å². The van der Waals surface area contributed by atoms with Gasteiger partial charge < -0.3 is 9.80 Å². The van der Waals surface area contributed by atoms with Gasteiger partial charge in [-0.15, -0.1) is 12.6 Å². The number of amides is 1. The highest BCUT2D eigenvalue weighted by Gasteiger charge is 2.25. The minimum Gasteiger partial charge on any atom is -0.339 e. The van der Waals surface area contributed by atoms with Gasteiger partial charge in [0.15, 0.2) is 0 Å². The molecule has 0 unspecified atom stereocenters. The summed E-state index contributed by atoms with van der Waals surface area (Å²) < 4.78 is 0. The molecule has 1 aliphatic heterocycles. The fourth-order valence-electron chi connectivity index (χ4n) is 2.60. The molecule has 4 heteroatoms. The van der Waals surface area contributed by atoms with Crippen LogP contribution in [0.15, 0.2) is 29.2 Å². The number of likely N-dealkylation sites (tertiary alicyclic amines) is 1. The third-order valence-electron chi connectivity index (χ3n) is 3.99. The SMILES string of the molecule is CCN1CCC(N(C)C(=O)c2ccc(S)cc2)CC1. The van der Waals surface area contributed by atoms with E-state index in [-0.39, 0.29) is 5.91 Å². The van der Waals surface area contributed by atoms with Crippen molar-refractivity contribution in [2.45, 2.75) is 30.7 Å². The molecular weight excluding hydrogens is 256 g/mol. The van der Waals surface area contributed by atoms with Crippen molar-refractivity contribution in [2.24, 2.45) is 0 Å². The van der Waals surface area contributed by atoms with Crippen LogP contribution in [0.3, 0.4) is 0 Å². The molecule has 104 valence electrons. The largest absolute Gasteiger partial charge is 0.339 e. The van der Waals surface area contributed by atoms with E-state index in [1.165, 1.54) is 0 Å². The summed E-state index contributed by atoms with van der Waals surface area (Å²) in [7, 11) is 1.92. The Balaban J connectivity index is 1.98. The number of piperidine rings is 1. The van der Waals surface area contributed by atoms with Crippen molar-refractivity contribution in [3.63, 3.8) is 0 Å². The van der Waals surface area contributed by atoms with E-state index in [1.54, 1.807) is 0 Å². The van der Waals surface area contributed by atoms with E-state index in [0.717, 1.165) is 42.9 Å². The van der Waals surface area contributed by atoms with Gasteiger partial charge in [0.1, 0.15) is 0 Å². The summed E-state index contributed by atoms with van der Waals surface area (Å²) in [4.78, 5) is 17.6. The molecule has 0 saturated carbocycles. The number of nitrogens with zero attached hydrogens (tertiary/aromatic N) is 2. The minimum atomic E-state index is 0.114. The van der Waals surface area contributed by atoms with E-state index in [2.05, 4.69) is 24.5 Å². The van der Waals surface area contributed by atoms with Gasteiger partial charge in [-0.3, -0.25) is 4.79 Å². The second-order valence-corrected chi connectivity index (χ2v) is 5.64. The maximum absolute atomic E-state index is 12.4. The lowest BCUT2D eigenvalue weighted by Gasteiger charge is -2.36. The van der Waals surface area contributed by atoms with E-state index >= 15 is 0 Å². The molecule has 0 bridgehead atoms. The van der Waals surface area contributed by atoms with Crippen molar-refractivity contribution in [2.75, 3.05) is 26.7 Å². The average Bonchev–Trinajstić information content (AvgIpc) is 2.46. The summed E-state index contributed by atoms with van der Waals surface area (Å²) >= 11 is 4.24. The Hall–Kier alpha value is -1.00. The quantitative estimate of drug-likeness (QED) is 0.859. The van der Waals surface area contributed by atoms with Gasteiger partial charge in [-0.05, 0) is 43.7 Å². The number of carbonyl (C=O) groups is 1. The number of rotatable bonds is 3. The van der Waals surface area contributed by atoms with Gasteiger partial charge in [0, 0.05) is 36.6 Å². The summed E-state index contributed by atoms with van der Waals surface area (Å²) in [6.45, 7) is 5.48. The Morgan fingerprint density at radius 1 is 1.32 bits per heavy atom. The molecule has 0 aliphatic carbocycles. The van der Waals surface area contributed by atoms with Crippen LogP contribution in [0.1, 0.15) is 30.1 Å². The van der Waals surface area contributed by atoms with Crippen LogP contribution in [0.4, 0.5) is 0 Å². The number of benzene rings is 1. The molecule has 0 N–H and O–H groups in total. The van der Waals surface area contributed by atoms with E-state index in [4.69, 9.17) is 0 Å². The molecule has 0 aromatic heterocycles. The van der Waals surface area contributed by atoms with Crippen LogP contribution in [0.2, 0.25) is 0 Å². The zero-order valence-electron chi connectivity index (χ0n) is 11.7. The van der Waals surface area contributed by atoms with E-state index in [0.29, 0.717) is 6.04 Å². The Morgan fingerprint density at radius 2 is 1.89 bits per heavy atom. The molecule has 0 atom stereocenters. The predicted octanol–water partition coefficient (Wildman–Crippen LogP) is 2.53. The molecule has 2 rings (SSSR count). The normalized spacial score (nSPS) is 17.4. The van der Waals surface area contributed by atoms with E-state index in [9.17, 15) is 4.79 Å². The highest BCUT2D eigenvalue weighted by molar-refractivity contribution is 7.80. The van der Waals surface area contributed by atoms with Gasteiger partial charge in [-0.25, -0.2) is 0 Å². The van der Waals surface area contributed by atoms with Crippen LogP contribution in [0.5, 0.6) is 0 Å². The number of thiol groups is 1. The van der Waals surface area contributed by atoms with E-state index in [1.807, 2.05) is 36.2 Å². The van der Waals surface area contributed by atoms with Crippen LogP contribution in [-0.4, -0.2) is 48.4 Å². The minimum absolute atomic E-state index is 0.114. The van der Waals surface area contributed by atoms with Crippen LogP contribution >= 0.6 is 12.6 Å². The van der Waals surface area contributed by atoms with Crippen LogP contribution < -0.4 is 0 Å². The summed E-state index contributed by atoms with van der Waals surface area (Å²) in [5, 5.41) is 0. The lowest BCUT2D eigenvalue weighted by atomic mass is 10.0. The van der Waals surface area contributed by atoms with Crippen LogP contribution in [0.25, 0.3) is 0 Å². The topological polar surface area (TPSA) is 23.6 Å². The van der Waals surface area contributed by atoms with Gasteiger partial charge in [0.05, 0.1) is 0 Å². The van der Waals surface area contributed by atoms with Crippen molar-refractivity contribution in [1.29, 1.82) is 0 Å². The maximum Gasteiger partial charge on any atom is 0.253 e. The number of hydrogen-bond donors (Lipinski definition) is 1. The van der Waals surface area contributed by atoms with Gasteiger partial charge >= 0.3 is 0 Å². The molecule has 19 heavy (non-hydrogen) atoms. The molecule has 1 aromatic rings. The maximum atomic E-state index is 12.4. The molecule has 1 heterocycles.